The van der Waals surface area contributed by atoms with Gasteiger partial charge in [0.05, 0.1) is 17.8 Å². The summed E-state index contributed by atoms with van der Waals surface area (Å²) < 4.78 is 10.6. The quantitative estimate of drug-likeness (QED) is 0.699. The van der Waals surface area contributed by atoms with Crippen LogP contribution in [-0.4, -0.2) is 22.5 Å². The normalized spacial score (nSPS) is 15.7. The first-order valence-corrected chi connectivity index (χ1v) is 7.17. The molecule has 1 aliphatic rings. The Morgan fingerprint density at radius 1 is 1.48 bits per heavy atom. The number of fused-ring (bicyclic) bond motifs is 1. The fraction of sp³-hybridized carbons (Fsp3) is 0.125. The number of hydrogen-bond acceptors (Lipinski definition) is 7. The lowest BCUT2D eigenvalue weighted by Crippen LogP contribution is -2.28. The highest BCUT2D eigenvalue weighted by atomic mass is 16.5. The van der Waals surface area contributed by atoms with Gasteiger partial charge in [0.15, 0.2) is 6.61 Å². The van der Waals surface area contributed by atoms with E-state index in [0.717, 1.165) is 0 Å². The summed E-state index contributed by atoms with van der Waals surface area (Å²) in [5, 5.41) is 9.46. The maximum absolute atomic E-state index is 12.3. The van der Waals surface area contributed by atoms with E-state index in [-0.39, 0.29) is 29.5 Å². The molecule has 126 valence electrons. The van der Waals surface area contributed by atoms with Crippen molar-refractivity contribution in [2.45, 2.75) is 5.92 Å². The van der Waals surface area contributed by atoms with Crippen LogP contribution in [0.25, 0.3) is 0 Å². The number of nitrogens with two attached hydrogens (primary N) is 2. The Bertz CT molecular complexity index is 973. The molecule has 1 atom stereocenters. The number of aromatic amines is 1. The van der Waals surface area contributed by atoms with Gasteiger partial charge in [0.25, 0.3) is 11.5 Å². The molecular weight excluding hydrogens is 326 g/mol. The van der Waals surface area contributed by atoms with Crippen molar-refractivity contribution in [1.29, 1.82) is 5.26 Å². The van der Waals surface area contributed by atoms with Gasteiger partial charge < -0.3 is 25.9 Å². The number of H-pyrrole nitrogens is 1. The number of rotatable bonds is 4. The van der Waals surface area contributed by atoms with Gasteiger partial charge in [-0.05, 0) is 17.7 Å². The van der Waals surface area contributed by atoms with Crippen molar-refractivity contribution >= 4 is 5.91 Å². The molecule has 1 amide bonds. The maximum atomic E-state index is 12.3. The molecule has 9 heteroatoms. The topological polar surface area (TPSA) is 157 Å². The molecule has 1 aromatic heterocycles. The Labute approximate surface area is 141 Å². The molecule has 1 aromatic carbocycles. The van der Waals surface area contributed by atoms with Crippen LogP contribution in [-0.2, 0) is 4.79 Å². The summed E-state index contributed by atoms with van der Waals surface area (Å²) in [6, 6.07) is 8.56. The molecule has 0 radical (unpaired) electrons. The van der Waals surface area contributed by atoms with E-state index < -0.39 is 17.4 Å². The number of benzene rings is 1. The lowest BCUT2D eigenvalue weighted by molar-refractivity contribution is -0.119. The standard InChI is InChI=1S/C16H13N5O4/c17-5-10-12(8-2-1-3-9(4-8)24-6-11(18)22)13-15(23)20-7-21-16(13)25-14(10)19/h1-4,7,12H,6,19H2,(H2,18,22)(H,20,21,23)/t12-/m1/s1. The van der Waals surface area contributed by atoms with Gasteiger partial charge in [-0.3, -0.25) is 9.59 Å². The van der Waals surface area contributed by atoms with Crippen LogP contribution < -0.4 is 26.5 Å². The second-order valence-electron chi connectivity index (χ2n) is 5.20. The Balaban J connectivity index is 2.12. The molecule has 1 aliphatic heterocycles. The molecule has 0 unspecified atom stereocenters. The van der Waals surface area contributed by atoms with E-state index >= 15 is 0 Å². The molecule has 2 heterocycles. The van der Waals surface area contributed by atoms with Crippen LogP contribution in [0.4, 0.5) is 0 Å². The molecule has 0 aliphatic carbocycles. The van der Waals surface area contributed by atoms with Crippen molar-refractivity contribution in [3.63, 3.8) is 0 Å². The van der Waals surface area contributed by atoms with Crippen molar-refractivity contribution in [3.8, 4) is 17.7 Å². The van der Waals surface area contributed by atoms with Gasteiger partial charge in [0.1, 0.15) is 17.4 Å². The molecule has 2 aromatic rings. The average molecular weight is 339 g/mol. The lowest BCUT2D eigenvalue weighted by Gasteiger charge is -2.24. The number of nitrogens with zero attached hydrogens (tertiary/aromatic N) is 2. The number of nitrogens with one attached hydrogen (secondary N) is 1. The molecular formula is C16H13N5O4. The van der Waals surface area contributed by atoms with Crippen molar-refractivity contribution in [2.24, 2.45) is 11.5 Å². The maximum Gasteiger partial charge on any atom is 0.258 e. The number of nitriles is 1. The number of carbonyl (C=O) groups is 1. The number of hydrogen-bond donors (Lipinski definition) is 3. The summed E-state index contributed by atoms with van der Waals surface area (Å²) in [6.45, 7) is -0.293. The van der Waals surface area contributed by atoms with Gasteiger partial charge in [0.2, 0.25) is 11.8 Å². The van der Waals surface area contributed by atoms with Crippen LogP contribution in [0.1, 0.15) is 17.0 Å². The number of ether oxygens (including phenoxy) is 2. The van der Waals surface area contributed by atoms with E-state index in [9.17, 15) is 14.9 Å². The van der Waals surface area contributed by atoms with Crippen molar-refractivity contribution in [2.75, 3.05) is 6.61 Å². The highest BCUT2D eigenvalue weighted by Crippen LogP contribution is 2.39. The summed E-state index contributed by atoms with van der Waals surface area (Å²) in [7, 11) is 0. The molecule has 0 saturated carbocycles. The van der Waals surface area contributed by atoms with Crippen molar-refractivity contribution in [3.05, 3.63) is 63.5 Å². The van der Waals surface area contributed by atoms with Gasteiger partial charge in [-0.25, -0.2) is 4.98 Å². The predicted octanol–water partition coefficient (Wildman–Crippen LogP) is -0.148. The SMILES string of the molecule is N#CC1=C(N)Oc2nc[nH]c(=O)c2[C@@H]1c1cccc(OCC(N)=O)c1. The lowest BCUT2D eigenvalue weighted by atomic mass is 9.85. The van der Waals surface area contributed by atoms with Crippen molar-refractivity contribution < 1.29 is 14.3 Å². The number of allylic oxidation sites excluding steroid dienone is 1. The van der Waals surface area contributed by atoms with Crippen LogP contribution in [0.15, 0.2) is 46.8 Å². The zero-order valence-corrected chi connectivity index (χ0v) is 12.9. The van der Waals surface area contributed by atoms with Crippen LogP contribution in [0, 0.1) is 11.3 Å². The summed E-state index contributed by atoms with van der Waals surface area (Å²) in [5.41, 5.74) is 11.2. The first-order valence-electron chi connectivity index (χ1n) is 7.17. The second-order valence-corrected chi connectivity index (χ2v) is 5.20. The third kappa shape index (κ3) is 3.00. The van der Waals surface area contributed by atoms with Crippen LogP contribution >= 0.6 is 0 Å². The summed E-state index contributed by atoms with van der Waals surface area (Å²) >= 11 is 0. The number of amides is 1. The zero-order valence-electron chi connectivity index (χ0n) is 12.9. The minimum absolute atomic E-state index is 0.0358. The fourth-order valence-corrected chi connectivity index (χ4v) is 2.57. The smallest absolute Gasteiger partial charge is 0.258 e. The Morgan fingerprint density at radius 3 is 3.00 bits per heavy atom. The van der Waals surface area contributed by atoms with Gasteiger partial charge in [-0.15, -0.1) is 0 Å². The number of carbonyl (C=O) groups excluding carboxylic acids is 1. The summed E-state index contributed by atoms with van der Waals surface area (Å²) in [4.78, 5) is 29.6. The Kier molecular flexibility index (Phi) is 4.09. The monoisotopic (exact) mass is 339 g/mol. The molecule has 5 N–H and O–H groups in total. The number of primary amides is 1. The highest BCUT2D eigenvalue weighted by molar-refractivity contribution is 5.75. The molecule has 3 rings (SSSR count). The van der Waals surface area contributed by atoms with E-state index in [0.29, 0.717) is 11.3 Å². The van der Waals surface area contributed by atoms with Gasteiger partial charge in [-0.2, -0.15) is 5.26 Å². The van der Waals surface area contributed by atoms with E-state index in [1.165, 1.54) is 6.33 Å². The Morgan fingerprint density at radius 2 is 2.28 bits per heavy atom. The van der Waals surface area contributed by atoms with Crippen LogP contribution in [0.2, 0.25) is 0 Å². The first kappa shape index (κ1) is 16.1. The minimum Gasteiger partial charge on any atom is -0.484 e. The molecule has 0 saturated heterocycles. The van der Waals surface area contributed by atoms with Crippen molar-refractivity contribution in [1.82, 2.24) is 9.97 Å². The predicted molar refractivity (Wildman–Crippen MR) is 85.3 cm³/mol. The van der Waals surface area contributed by atoms with E-state index in [1.807, 2.05) is 6.07 Å². The molecule has 9 nitrogen and oxygen atoms in total. The minimum atomic E-state index is -0.775. The van der Waals surface area contributed by atoms with Crippen LogP contribution in [0.5, 0.6) is 11.6 Å². The molecule has 0 fully saturated rings. The summed E-state index contributed by atoms with van der Waals surface area (Å²) in [6.07, 6.45) is 1.19. The molecule has 0 spiro atoms. The highest BCUT2D eigenvalue weighted by Gasteiger charge is 2.34. The third-order valence-corrected chi connectivity index (χ3v) is 3.59. The Hall–Kier alpha value is -3.80. The fourth-order valence-electron chi connectivity index (χ4n) is 2.57. The number of aromatic nitrogens is 2. The van der Waals surface area contributed by atoms with E-state index in [1.54, 1.807) is 24.3 Å². The largest absolute Gasteiger partial charge is 0.484 e. The second kappa shape index (κ2) is 6.37. The molecule has 0 bridgehead atoms. The third-order valence-electron chi connectivity index (χ3n) is 3.59. The molecule has 25 heavy (non-hydrogen) atoms. The first-order chi connectivity index (χ1) is 12.0. The van der Waals surface area contributed by atoms with Gasteiger partial charge in [-0.1, -0.05) is 12.1 Å². The van der Waals surface area contributed by atoms with E-state index in [4.69, 9.17) is 20.9 Å². The van der Waals surface area contributed by atoms with Gasteiger partial charge >= 0.3 is 0 Å². The zero-order chi connectivity index (χ0) is 18.0. The van der Waals surface area contributed by atoms with E-state index in [2.05, 4.69) is 9.97 Å². The average Bonchev–Trinajstić information content (AvgIpc) is 2.59. The van der Waals surface area contributed by atoms with Gasteiger partial charge in [0, 0.05) is 0 Å². The summed E-state index contributed by atoms with van der Waals surface area (Å²) in [5.74, 6) is -1.12. The van der Waals surface area contributed by atoms with Crippen LogP contribution in [0.3, 0.4) is 0 Å².